The van der Waals surface area contributed by atoms with Crippen LogP contribution in [0, 0.1) is 5.92 Å². The van der Waals surface area contributed by atoms with E-state index in [-0.39, 0.29) is 0 Å². The van der Waals surface area contributed by atoms with Gasteiger partial charge in [-0.1, -0.05) is 31.5 Å². The number of hydrogen-bond acceptors (Lipinski definition) is 3. The van der Waals surface area contributed by atoms with Crippen molar-refractivity contribution >= 4 is 17.6 Å². The third kappa shape index (κ3) is 8.85. The lowest BCUT2D eigenvalue weighted by molar-refractivity contribution is 0.117. The van der Waals surface area contributed by atoms with E-state index in [1.165, 1.54) is 0 Å². The van der Waals surface area contributed by atoms with E-state index in [0.29, 0.717) is 24.2 Å². The fourth-order valence-corrected chi connectivity index (χ4v) is 1.87. The summed E-state index contributed by atoms with van der Waals surface area (Å²) < 4.78 is 5.53. The minimum atomic E-state index is 0.521. The lowest BCUT2D eigenvalue weighted by atomic mass is 10.2. The van der Waals surface area contributed by atoms with Crippen LogP contribution in [0.1, 0.15) is 26.3 Å². The zero-order valence-electron chi connectivity index (χ0n) is 13.7. The number of halogens is 1. The van der Waals surface area contributed by atoms with E-state index in [2.05, 4.69) is 41.4 Å². The Morgan fingerprint density at radius 3 is 2.82 bits per heavy atom. The van der Waals surface area contributed by atoms with Gasteiger partial charge in [0.2, 0.25) is 0 Å². The van der Waals surface area contributed by atoms with E-state index in [0.717, 1.165) is 37.6 Å². The van der Waals surface area contributed by atoms with Crippen LogP contribution in [0.2, 0.25) is 5.15 Å². The van der Waals surface area contributed by atoms with Crippen molar-refractivity contribution in [2.45, 2.75) is 27.2 Å². The fraction of sp³-hybridized carbons (Fsp3) is 0.625. The molecule has 0 aliphatic carbocycles. The summed E-state index contributed by atoms with van der Waals surface area (Å²) >= 11 is 5.77. The molecule has 0 aliphatic heterocycles. The van der Waals surface area contributed by atoms with Crippen molar-refractivity contribution < 1.29 is 4.74 Å². The summed E-state index contributed by atoms with van der Waals surface area (Å²) in [6.07, 6.45) is 2.67. The average molecular weight is 327 g/mol. The summed E-state index contributed by atoms with van der Waals surface area (Å²) in [6, 6.07) is 3.79. The van der Waals surface area contributed by atoms with Crippen LogP contribution in [0.5, 0.6) is 0 Å². The molecule has 5 nitrogen and oxygen atoms in total. The van der Waals surface area contributed by atoms with Crippen molar-refractivity contribution in [1.29, 1.82) is 0 Å². The topological polar surface area (TPSA) is 58.5 Å². The van der Waals surface area contributed by atoms with E-state index in [1.54, 1.807) is 6.20 Å². The van der Waals surface area contributed by atoms with Gasteiger partial charge in [0, 0.05) is 25.9 Å². The number of aliphatic imine (C=N–C) groups is 1. The summed E-state index contributed by atoms with van der Waals surface area (Å²) in [5.74, 6) is 1.38. The molecule has 0 saturated heterocycles. The maximum absolute atomic E-state index is 5.77. The molecule has 1 aromatic heterocycles. The number of pyridine rings is 1. The first-order valence-electron chi connectivity index (χ1n) is 7.82. The van der Waals surface area contributed by atoms with E-state index in [9.17, 15) is 0 Å². The molecule has 0 amide bonds. The Kier molecular flexibility index (Phi) is 9.59. The third-order valence-corrected chi connectivity index (χ3v) is 3.02. The van der Waals surface area contributed by atoms with Gasteiger partial charge in [0.15, 0.2) is 5.96 Å². The van der Waals surface area contributed by atoms with Gasteiger partial charge in [-0.15, -0.1) is 0 Å². The normalized spacial score (nSPS) is 11.8. The number of hydrogen-bond donors (Lipinski definition) is 2. The standard InChI is InChI=1S/C16H27ClN4O/c1-4-18-16(20-9-10-22-12-13(2)3)19-8-7-14-5-6-15(17)21-11-14/h5-6,11,13H,4,7-10,12H2,1-3H3,(H2,18,19,20). The van der Waals surface area contributed by atoms with E-state index in [4.69, 9.17) is 16.3 Å². The lowest BCUT2D eigenvalue weighted by Crippen LogP contribution is -2.38. The minimum Gasteiger partial charge on any atom is -0.379 e. The van der Waals surface area contributed by atoms with Crippen molar-refractivity contribution in [3.63, 3.8) is 0 Å². The molecule has 0 unspecified atom stereocenters. The first-order valence-corrected chi connectivity index (χ1v) is 8.20. The SMILES string of the molecule is CCNC(=NCCOCC(C)C)NCCc1ccc(Cl)nc1. The molecule has 0 spiro atoms. The molecule has 1 aromatic rings. The quantitative estimate of drug-likeness (QED) is 0.317. The predicted octanol–water partition coefficient (Wildman–Crippen LogP) is 2.51. The molecular formula is C16H27ClN4O. The Morgan fingerprint density at radius 2 is 2.18 bits per heavy atom. The average Bonchev–Trinajstić information content (AvgIpc) is 2.48. The summed E-state index contributed by atoms with van der Waals surface area (Å²) in [7, 11) is 0. The molecule has 0 atom stereocenters. The van der Waals surface area contributed by atoms with Crippen molar-refractivity contribution in [3.8, 4) is 0 Å². The predicted molar refractivity (Wildman–Crippen MR) is 92.6 cm³/mol. The Balaban J connectivity index is 2.28. The van der Waals surface area contributed by atoms with Crippen molar-refractivity contribution in [2.24, 2.45) is 10.9 Å². The molecular weight excluding hydrogens is 300 g/mol. The highest BCUT2D eigenvalue weighted by molar-refractivity contribution is 6.29. The van der Waals surface area contributed by atoms with Crippen LogP contribution in [0.3, 0.4) is 0 Å². The Morgan fingerprint density at radius 1 is 1.36 bits per heavy atom. The number of aromatic nitrogens is 1. The fourth-order valence-electron chi connectivity index (χ4n) is 1.76. The maximum Gasteiger partial charge on any atom is 0.191 e. The van der Waals surface area contributed by atoms with Gasteiger partial charge >= 0.3 is 0 Å². The van der Waals surface area contributed by atoms with Crippen LogP contribution < -0.4 is 10.6 Å². The van der Waals surface area contributed by atoms with Crippen molar-refractivity contribution in [2.75, 3.05) is 32.8 Å². The molecule has 1 rings (SSSR count). The number of ether oxygens (including phenoxy) is 1. The van der Waals surface area contributed by atoms with Crippen LogP contribution in [0.25, 0.3) is 0 Å². The number of nitrogens with zero attached hydrogens (tertiary/aromatic N) is 2. The van der Waals surface area contributed by atoms with Gasteiger partial charge in [-0.05, 0) is 30.9 Å². The van der Waals surface area contributed by atoms with Crippen LogP contribution in [-0.2, 0) is 11.2 Å². The van der Waals surface area contributed by atoms with Gasteiger partial charge in [0.05, 0.1) is 13.2 Å². The van der Waals surface area contributed by atoms with Gasteiger partial charge < -0.3 is 15.4 Å². The first kappa shape index (κ1) is 18.7. The second-order valence-corrected chi connectivity index (χ2v) is 5.78. The van der Waals surface area contributed by atoms with Crippen LogP contribution >= 0.6 is 11.6 Å². The molecule has 0 saturated carbocycles. The summed E-state index contributed by atoms with van der Waals surface area (Å²) in [5, 5.41) is 7.05. The summed E-state index contributed by atoms with van der Waals surface area (Å²) in [6.45, 7) is 10.0. The first-order chi connectivity index (χ1) is 10.6. The second-order valence-electron chi connectivity index (χ2n) is 5.40. The van der Waals surface area contributed by atoms with E-state index >= 15 is 0 Å². The summed E-state index contributed by atoms with van der Waals surface area (Å²) in [5.41, 5.74) is 1.15. The monoisotopic (exact) mass is 326 g/mol. The third-order valence-electron chi connectivity index (χ3n) is 2.80. The highest BCUT2D eigenvalue weighted by Gasteiger charge is 1.99. The van der Waals surface area contributed by atoms with Gasteiger partial charge in [-0.25, -0.2) is 4.98 Å². The van der Waals surface area contributed by atoms with Crippen LogP contribution in [0.15, 0.2) is 23.3 Å². The van der Waals surface area contributed by atoms with Gasteiger partial charge in [0.25, 0.3) is 0 Å². The molecule has 2 N–H and O–H groups in total. The smallest absolute Gasteiger partial charge is 0.191 e. The molecule has 6 heteroatoms. The maximum atomic E-state index is 5.77. The second kappa shape index (κ2) is 11.3. The number of guanidine groups is 1. The highest BCUT2D eigenvalue weighted by atomic mass is 35.5. The minimum absolute atomic E-state index is 0.521. The summed E-state index contributed by atoms with van der Waals surface area (Å²) in [4.78, 5) is 8.56. The molecule has 0 aromatic carbocycles. The van der Waals surface area contributed by atoms with E-state index < -0.39 is 0 Å². The Labute approximate surface area is 138 Å². The Hall–Kier alpha value is -1.33. The number of rotatable bonds is 9. The highest BCUT2D eigenvalue weighted by Crippen LogP contribution is 2.05. The van der Waals surface area contributed by atoms with Gasteiger partial charge in [-0.3, -0.25) is 4.99 Å². The van der Waals surface area contributed by atoms with Crippen LogP contribution in [0.4, 0.5) is 0 Å². The van der Waals surface area contributed by atoms with E-state index in [1.807, 2.05) is 12.1 Å². The molecule has 0 bridgehead atoms. The largest absolute Gasteiger partial charge is 0.379 e. The molecule has 0 fully saturated rings. The van der Waals surface area contributed by atoms with Crippen molar-refractivity contribution in [3.05, 3.63) is 29.0 Å². The zero-order valence-corrected chi connectivity index (χ0v) is 14.5. The Bertz CT molecular complexity index is 434. The van der Waals surface area contributed by atoms with Gasteiger partial charge in [0.1, 0.15) is 5.15 Å². The number of nitrogens with one attached hydrogen (secondary N) is 2. The molecule has 0 aliphatic rings. The zero-order chi connectivity index (χ0) is 16.2. The molecule has 22 heavy (non-hydrogen) atoms. The molecule has 1 heterocycles. The van der Waals surface area contributed by atoms with Crippen molar-refractivity contribution in [1.82, 2.24) is 15.6 Å². The van der Waals surface area contributed by atoms with Crippen LogP contribution in [-0.4, -0.2) is 43.8 Å². The van der Waals surface area contributed by atoms with Gasteiger partial charge in [-0.2, -0.15) is 0 Å². The molecule has 124 valence electrons. The molecule has 0 radical (unpaired) electrons. The lowest BCUT2D eigenvalue weighted by Gasteiger charge is -2.11.